The molecular weight excluding hydrogens is 514 g/mol. The first-order chi connectivity index (χ1) is 19.6. The van der Waals surface area contributed by atoms with Crippen LogP contribution in [-0.4, -0.2) is 73.2 Å². The van der Waals surface area contributed by atoms with Gasteiger partial charge in [-0.2, -0.15) is 15.0 Å². The lowest BCUT2D eigenvalue weighted by Crippen LogP contribution is -2.27. The van der Waals surface area contributed by atoms with Gasteiger partial charge in [0.2, 0.25) is 24.6 Å². The average molecular weight is 552 g/mol. The van der Waals surface area contributed by atoms with E-state index >= 15 is 0 Å². The zero-order chi connectivity index (χ0) is 28.0. The molecule has 0 spiro atoms. The van der Waals surface area contributed by atoms with Gasteiger partial charge in [0.15, 0.2) is 11.5 Å². The van der Waals surface area contributed by atoms with Crippen LogP contribution in [0.2, 0.25) is 0 Å². The third kappa shape index (κ3) is 9.24. The summed E-state index contributed by atoms with van der Waals surface area (Å²) < 4.78 is 22.0. The normalized spacial score (nSPS) is 12.6. The third-order valence-electron chi connectivity index (χ3n) is 5.98. The van der Waals surface area contributed by atoms with Gasteiger partial charge in [0, 0.05) is 31.2 Å². The predicted molar refractivity (Wildman–Crippen MR) is 152 cm³/mol. The van der Waals surface area contributed by atoms with Crippen LogP contribution in [0.5, 0.6) is 11.5 Å². The smallest absolute Gasteiger partial charge is 0.251 e. The fourth-order valence-electron chi connectivity index (χ4n) is 3.64. The Bertz CT molecular complexity index is 1210. The van der Waals surface area contributed by atoms with Crippen LogP contribution in [0.1, 0.15) is 36.2 Å². The number of aromatic nitrogens is 3. The van der Waals surface area contributed by atoms with Crippen molar-refractivity contribution in [3.05, 3.63) is 59.7 Å². The Morgan fingerprint density at radius 3 is 2.35 bits per heavy atom. The number of nitrogens with one attached hydrogen (secondary N) is 4. The van der Waals surface area contributed by atoms with Gasteiger partial charge in [-0.05, 0) is 43.2 Å². The fourth-order valence-corrected chi connectivity index (χ4v) is 3.64. The van der Waals surface area contributed by atoms with Crippen molar-refractivity contribution in [1.29, 1.82) is 0 Å². The first kappa shape index (κ1) is 28.8. The number of benzene rings is 2. The van der Waals surface area contributed by atoms with Crippen LogP contribution >= 0.6 is 0 Å². The van der Waals surface area contributed by atoms with Crippen LogP contribution < -0.4 is 30.7 Å². The van der Waals surface area contributed by atoms with Crippen LogP contribution in [0.3, 0.4) is 0 Å². The zero-order valence-electron chi connectivity index (χ0n) is 22.9. The molecule has 4 rings (SSSR count). The molecule has 12 nitrogen and oxygen atoms in total. The minimum atomic E-state index is -0.112. The van der Waals surface area contributed by atoms with Gasteiger partial charge in [-0.15, -0.1) is 0 Å². The van der Waals surface area contributed by atoms with Gasteiger partial charge in [0.25, 0.3) is 5.91 Å². The van der Waals surface area contributed by atoms with Crippen molar-refractivity contribution in [1.82, 2.24) is 20.3 Å². The molecule has 1 atom stereocenters. The molecule has 4 N–H and O–H groups in total. The van der Waals surface area contributed by atoms with E-state index in [1.54, 1.807) is 12.1 Å². The monoisotopic (exact) mass is 551 g/mol. The van der Waals surface area contributed by atoms with Crippen molar-refractivity contribution in [2.24, 2.45) is 0 Å². The van der Waals surface area contributed by atoms with Gasteiger partial charge in [0.1, 0.15) is 0 Å². The van der Waals surface area contributed by atoms with E-state index in [4.69, 9.17) is 18.9 Å². The molecule has 0 aliphatic carbocycles. The first-order valence-electron chi connectivity index (χ1n) is 13.5. The summed E-state index contributed by atoms with van der Waals surface area (Å²) in [6.07, 6.45) is 0.934. The Hall–Kier alpha value is -4.16. The van der Waals surface area contributed by atoms with E-state index in [9.17, 15) is 4.79 Å². The number of rotatable bonds is 17. The number of fused-ring (bicyclic) bond motifs is 1. The highest BCUT2D eigenvalue weighted by molar-refractivity contribution is 5.94. The van der Waals surface area contributed by atoms with Crippen molar-refractivity contribution in [2.75, 3.05) is 62.3 Å². The van der Waals surface area contributed by atoms with Gasteiger partial charge in [-0.1, -0.05) is 31.2 Å². The topological polar surface area (TPSA) is 141 Å². The molecule has 0 bridgehead atoms. The molecule has 2 heterocycles. The summed E-state index contributed by atoms with van der Waals surface area (Å²) in [4.78, 5) is 25.5. The maximum absolute atomic E-state index is 12.0. The van der Waals surface area contributed by atoms with E-state index in [0.29, 0.717) is 69.5 Å². The predicted octanol–water partition coefficient (Wildman–Crippen LogP) is 3.30. The van der Waals surface area contributed by atoms with Gasteiger partial charge in [0.05, 0.1) is 26.4 Å². The number of carbonyl (C=O) groups is 1. The molecule has 3 aromatic rings. The quantitative estimate of drug-likeness (QED) is 0.184. The molecule has 2 aromatic carbocycles. The van der Waals surface area contributed by atoms with E-state index in [-0.39, 0.29) is 18.7 Å². The van der Waals surface area contributed by atoms with Gasteiger partial charge < -0.3 is 40.2 Å². The standard InChI is InChI=1S/C28H37N7O5/c1-3-20(2)32-28-34-26(33-27(35-28)31-18-21-9-10-23-24(17-21)40-19-39-23)30-12-14-38-16-15-37-13-11-29-25(36)22-7-5-4-6-8-22/h4-10,17,20H,3,11-16,18-19H2,1-2H3,(H,29,36)(H3,30,31,32,33,34,35). The van der Waals surface area contributed by atoms with Crippen LogP contribution in [0.15, 0.2) is 48.5 Å². The summed E-state index contributed by atoms with van der Waals surface area (Å²) in [6, 6.07) is 15.1. The Morgan fingerprint density at radius 2 is 1.57 bits per heavy atom. The fraction of sp³-hybridized carbons (Fsp3) is 0.429. The minimum absolute atomic E-state index is 0.112. The van der Waals surface area contributed by atoms with E-state index < -0.39 is 0 Å². The molecular formula is C28H37N7O5. The Morgan fingerprint density at radius 1 is 0.875 bits per heavy atom. The number of ether oxygens (including phenoxy) is 4. The van der Waals surface area contributed by atoms with Gasteiger partial charge in [-0.25, -0.2) is 0 Å². The maximum Gasteiger partial charge on any atom is 0.251 e. The van der Waals surface area contributed by atoms with Gasteiger partial charge >= 0.3 is 0 Å². The Kier molecular flexibility index (Phi) is 11.1. The lowest BCUT2D eigenvalue weighted by atomic mass is 10.2. The Labute approximate surface area is 234 Å². The highest BCUT2D eigenvalue weighted by Gasteiger charge is 2.14. The molecule has 214 valence electrons. The number of hydrogen-bond donors (Lipinski definition) is 4. The van der Waals surface area contributed by atoms with Crippen LogP contribution in [0.25, 0.3) is 0 Å². The summed E-state index contributed by atoms with van der Waals surface area (Å²) in [5.41, 5.74) is 1.65. The molecule has 0 fully saturated rings. The second-order valence-electron chi connectivity index (χ2n) is 9.07. The summed E-state index contributed by atoms with van der Waals surface area (Å²) in [5, 5.41) is 12.6. The summed E-state index contributed by atoms with van der Waals surface area (Å²) >= 11 is 0. The second-order valence-corrected chi connectivity index (χ2v) is 9.07. The molecule has 1 aliphatic rings. The maximum atomic E-state index is 12.0. The SMILES string of the molecule is CCC(C)Nc1nc(NCCOCCOCCNC(=O)c2ccccc2)nc(NCc2ccc3c(c2)OCO3)n1. The Balaban J connectivity index is 1.15. The molecule has 1 amide bonds. The second kappa shape index (κ2) is 15.4. The molecule has 40 heavy (non-hydrogen) atoms. The first-order valence-corrected chi connectivity index (χ1v) is 13.5. The molecule has 1 aliphatic heterocycles. The third-order valence-corrected chi connectivity index (χ3v) is 5.98. The summed E-state index contributed by atoms with van der Waals surface area (Å²) in [6.45, 7) is 7.62. The molecule has 0 saturated carbocycles. The number of carbonyl (C=O) groups excluding carboxylic acids is 1. The highest BCUT2D eigenvalue weighted by atomic mass is 16.7. The lowest BCUT2D eigenvalue weighted by Gasteiger charge is -2.14. The molecule has 12 heteroatoms. The van der Waals surface area contributed by atoms with E-state index in [1.807, 2.05) is 36.4 Å². The van der Waals surface area contributed by atoms with Gasteiger partial charge in [-0.3, -0.25) is 4.79 Å². The van der Waals surface area contributed by atoms with Crippen LogP contribution in [-0.2, 0) is 16.0 Å². The number of anilines is 3. The largest absolute Gasteiger partial charge is 0.454 e. The molecule has 1 aromatic heterocycles. The lowest BCUT2D eigenvalue weighted by molar-refractivity contribution is 0.0519. The molecule has 0 radical (unpaired) electrons. The molecule has 0 saturated heterocycles. The van der Waals surface area contributed by atoms with Crippen molar-refractivity contribution < 1.29 is 23.7 Å². The van der Waals surface area contributed by atoms with E-state index in [1.165, 1.54) is 0 Å². The highest BCUT2D eigenvalue weighted by Crippen LogP contribution is 2.32. The molecule has 1 unspecified atom stereocenters. The summed E-state index contributed by atoms with van der Waals surface area (Å²) in [7, 11) is 0. The van der Waals surface area contributed by atoms with Crippen molar-refractivity contribution in [3.63, 3.8) is 0 Å². The average Bonchev–Trinajstić information content (AvgIpc) is 3.45. The van der Waals surface area contributed by atoms with Crippen molar-refractivity contribution >= 4 is 23.8 Å². The summed E-state index contributed by atoms with van der Waals surface area (Å²) in [5.74, 6) is 2.76. The van der Waals surface area contributed by atoms with Crippen molar-refractivity contribution in [2.45, 2.75) is 32.9 Å². The van der Waals surface area contributed by atoms with Crippen LogP contribution in [0.4, 0.5) is 17.8 Å². The minimum Gasteiger partial charge on any atom is -0.454 e. The number of hydrogen-bond acceptors (Lipinski definition) is 11. The van der Waals surface area contributed by atoms with Crippen molar-refractivity contribution in [3.8, 4) is 11.5 Å². The van der Waals surface area contributed by atoms with Crippen LogP contribution in [0, 0.1) is 0 Å². The van der Waals surface area contributed by atoms with E-state index in [2.05, 4.69) is 50.1 Å². The van der Waals surface area contributed by atoms with E-state index in [0.717, 1.165) is 23.5 Å². The number of nitrogens with zero attached hydrogens (tertiary/aromatic N) is 3. The number of amides is 1. The zero-order valence-corrected chi connectivity index (χ0v) is 22.9.